The average Bonchev–Trinajstić information content (AvgIpc) is 2.73. The molecule has 0 bridgehead atoms. The zero-order chi connectivity index (χ0) is 13.8. The van der Waals surface area contributed by atoms with Gasteiger partial charge in [-0.3, -0.25) is 4.79 Å². The van der Waals surface area contributed by atoms with Crippen LogP contribution >= 0.6 is 0 Å². The number of anilines is 1. The van der Waals surface area contributed by atoms with Gasteiger partial charge in [-0.2, -0.15) is 0 Å². The Hall–Kier alpha value is -2.30. The van der Waals surface area contributed by atoms with E-state index in [1.807, 2.05) is 19.1 Å². The number of hydrogen-bond donors (Lipinski definition) is 1. The van der Waals surface area contributed by atoms with Crippen molar-refractivity contribution >= 4 is 11.6 Å². The molecule has 1 N–H and O–H groups in total. The van der Waals surface area contributed by atoms with E-state index >= 15 is 0 Å². The molecule has 1 heterocycles. The van der Waals surface area contributed by atoms with Crippen molar-refractivity contribution in [1.82, 2.24) is 5.16 Å². The first-order valence-corrected chi connectivity index (χ1v) is 6.09. The molecule has 100 valence electrons. The highest BCUT2D eigenvalue weighted by molar-refractivity contribution is 6.04. The van der Waals surface area contributed by atoms with Crippen LogP contribution in [0.3, 0.4) is 0 Å². The zero-order valence-corrected chi connectivity index (χ0v) is 11.2. The summed E-state index contributed by atoms with van der Waals surface area (Å²) in [5.41, 5.74) is 1.66. The summed E-state index contributed by atoms with van der Waals surface area (Å²) in [7, 11) is 0. The van der Waals surface area contributed by atoms with Crippen LogP contribution in [0.25, 0.3) is 0 Å². The number of amides is 1. The molecular weight excluding hydrogens is 244 g/mol. The summed E-state index contributed by atoms with van der Waals surface area (Å²) >= 11 is 0. The summed E-state index contributed by atoms with van der Waals surface area (Å²) in [5.74, 6) is 0.973. The molecule has 0 spiro atoms. The van der Waals surface area contributed by atoms with Gasteiger partial charge in [-0.15, -0.1) is 0 Å². The van der Waals surface area contributed by atoms with Crippen molar-refractivity contribution in [1.29, 1.82) is 0 Å². The normalized spacial score (nSPS) is 10.3. The SMILES string of the molecule is CCOc1ccccc1NC(=O)c1noc(C)c1C. The molecule has 19 heavy (non-hydrogen) atoms. The van der Waals surface area contributed by atoms with Crippen LogP contribution in [0.15, 0.2) is 28.8 Å². The first-order valence-electron chi connectivity index (χ1n) is 6.09. The summed E-state index contributed by atoms with van der Waals surface area (Å²) in [5, 5.41) is 6.54. The van der Waals surface area contributed by atoms with Crippen molar-refractivity contribution < 1.29 is 14.1 Å². The van der Waals surface area contributed by atoms with Crippen LogP contribution < -0.4 is 10.1 Å². The first kappa shape index (κ1) is 13.1. The number of carbonyl (C=O) groups excluding carboxylic acids is 1. The molecule has 2 aromatic rings. The molecule has 5 heteroatoms. The second-order valence-electron chi connectivity index (χ2n) is 4.10. The standard InChI is InChI=1S/C14H16N2O3/c1-4-18-12-8-6-5-7-11(12)15-14(17)13-9(2)10(3)19-16-13/h5-8H,4H2,1-3H3,(H,15,17). The number of para-hydroxylation sites is 2. The summed E-state index contributed by atoms with van der Waals surface area (Å²) < 4.78 is 10.4. The van der Waals surface area contributed by atoms with E-state index in [1.54, 1.807) is 26.0 Å². The maximum Gasteiger partial charge on any atom is 0.278 e. The van der Waals surface area contributed by atoms with Crippen LogP contribution in [-0.2, 0) is 0 Å². The Labute approximate surface area is 111 Å². The Balaban J connectivity index is 2.22. The van der Waals surface area contributed by atoms with Gasteiger partial charge in [-0.25, -0.2) is 0 Å². The maximum absolute atomic E-state index is 12.1. The Morgan fingerprint density at radius 2 is 2.11 bits per heavy atom. The second-order valence-corrected chi connectivity index (χ2v) is 4.10. The lowest BCUT2D eigenvalue weighted by molar-refractivity contribution is 0.101. The fourth-order valence-corrected chi connectivity index (χ4v) is 1.66. The van der Waals surface area contributed by atoms with Crippen molar-refractivity contribution in [3.05, 3.63) is 41.3 Å². The van der Waals surface area contributed by atoms with Crippen molar-refractivity contribution in [2.75, 3.05) is 11.9 Å². The van der Waals surface area contributed by atoms with Gasteiger partial charge in [0, 0.05) is 5.56 Å². The van der Waals surface area contributed by atoms with E-state index in [2.05, 4.69) is 10.5 Å². The molecule has 5 nitrogen and oxygen atoms in total. The van der Waals surface area contributed by atoms with E-state index in [-0.39, 0.29) is 5.91 Å². The van der Waals surface area contributed by atoms with Gasteiger partial charge in [-0.1, -0.05) is 17.3 Å². The highest BCUT2D eigenvalue weighted by Gasteiger charge is 2.17. The molecule has 0 aliphatic heterocycles. The third-order valence-corrected chi connectivity index (χ3v) is 2.81. The molecule has 0 aliphatic rings. The van der Waals surface area contributed by atoms with E-state index in [4.69, 9.17) is 9.26 Å². The fourth-order valence-electron chi connectivity index (χ4n) is 1.66. The number of hydrogen-bond acceptors (Lipinski definition) is 4. The Morgan fingerprint density at radius 3 is 2.74 bits per heavy atom. The Bertz CT molecular complexity index is 590. The number of benzene rings is 1. The van der Waals surface area contributed by atoms with E-state index in [9.17, 15) is 4.79 Å². The minimum absolute atomic E-state index is 0.295. The summed E-state index contributed by atoms with van der Waals surface area (Å²) in [4.78, 5) is 12.1. The van der Waals surface area contributed by atoms with Crippen LogP contribution in [0.1, 0.15) is 28.7 Å². The van der Waals surface area contributed by atoms with Crippen LogP contribution in [0.2, 0.25) is 0 Å². The third-order valence-electron chi connectivity index (χ3n) is 2.81. The summed E-state index contributed by atoms with van der Waals surface area (Å²) in [6.07, 6.45) is 0. The van der Waals surface area contributed by atoms with Gasteiger partial charge >= 0.3 is 0 Å². The maximum atomic E-state index is 12.1. The van der Waals surface area contributed by atoms with Crippen molar-refractivity contribution in [2.24, 2.45) is 0 Å². The van der Waals surface area contributed by atoms with Crippen LogP contribution in [0.4, 0.5) is 5.69 Å². The van der Waals surface area contributed by atoms with E-state index in [0.717, 1.165) is 5.56 Å². The number of aryl methyl sites for hydroxylation is 1. The smallest absolute Gasteiger partial charge is 0.278 e. The summed E-state index contributed by atoms with van der Waals surface area (Å²) in [6.45, 7) is 6.00. The highest BCUT2D eigenvalue weighted by atomic mass is 16.5. The molecule has 0 fully saturated rings. The predicted molar refractivity (Wildman–Crippen MR) is 71.5 cm³/mol. The molecule has 1 aromatic carbocycles. The second kappa shape index (κ2) is 5.56. The van der Waals surface area contributed by atoms with Gasteiger partial charge in [0.25, 0.3) is 5.91 Å². The van der Waals surface area contributed by atoms with Crippen LogP contribution in [0, 0.1) is 13.8 Å². The lowest BCUT2D eigenvalue weighted by Crippen LogP contribution is -2.14. The van der Waals surface area contributed by atoms with Crippen molar-refractivity contribution in [3.8, 4) is 5.75 Å². The van der Waals surface area contributed by atoms with Crippen LogP contribution in [0.5, 0.6) is 5.75 Å². The number of carbonyl (C=O) groups is 1. The van der Waals surface area contributed by atoms with Crippen molar-refractivity contribution in [2.45, 2.75) is 20.8 Å². The summed E-state index contributed by atoms with van der Waals surface area (Å²) in [6, 6.07) is 7.27. The van der Waals surface area contributed by atoms with Crippen LogP contribution in [-0.4, -0.2) is 17.7 Å². The molecule has 1 amide bonds. The molecule has 0 atom stereocenters. The van der Waals surface area contributed by atoms with Gasteiger partial charge in [0.1, 0.15) is 11.5 Å². The molecule has 0 saturated heterocycles. The zero-order valence-electron chi connectivity index (χ0n) is 11.2. The largest absolute Gasteiger partial charge is 0.492 e. The molecule has 2 rings (SSSR count). The number of aromatic nitrogens is 1. The lowest BCUT2D eigenvalue weighted by Gasteiger charge is -2.10. The Kier molecular flexibility index (Phi) is 3.85. The van der Waals surface area contributed by atoms with Gasteiger partial charge in [0.05, 0.1) is 12.3 Å². The van der Waals surface area contributed by atoms with Gasteiger partial charge < -0.3 is 14.6 Å². The Morgan fingerprint density at radius 1 is 1.37 bits per heavy atom. The molecule has 0 saturated carbocycles. The van der Waals surface area contributed by atoms with E-state index < -0.39 is 0 Å². The van der Waals surface area contributed by atoms with Crippen molar-refractivity contribution in [3.63, 3.8) is 0 Å². The minimum atomic E-state index is -0.304. The number of ether oxygens (including phenoxy) is 1. The average molecular weight is 260 g/mol. The van der Waals surface area contributed by atoms with Gasteiger partial charge in [0.15, 0.2) is 5.69 Å². The highest BCUT2D eigenvalue weighted by Crippen LogP contribution is 2.24. The first-order chi connectivity index (χ1) is 9.13. The molecular formula is C14H16N2O3. The van der Waals surface area contributed by atoms with Gasteiger partial charge in [-0.05, 0) is 32.9 Å². The topological polar surface area (TPSA) is 64.4 Å². The number of rotatable bonds is 4. The fraction of sp³-hybridized carbons (Fsp3) is 0.286. The number of nitrogens with zero attached hydrogens (tertiary/aromatic N) is 1. The molecule has 0 unspecified atom stereocenters. The van der Waals surface area contributed by atoms with Gasteiger partial charge in [0.2, 0.25) is 0 Å². The minimum Gasteiger partial charge on any atom is -0.492 e. The van der Waals surface area contributed by atoms with E-state index in [0.29, 0.717) is 29.5 Å². The van der Waals surface area contributed by atoms with E-state index in [1.165, 1.54) is 0 Å². The molecule has 0 radical (unpaired) electrons. The quantitative estimate of drug-likeness (QED) is 0.918. The molecule has 0 aliphatic carbocycles. The molecule has 1 aromatic heterocycles. The monoisotopic (exact) mass is 260 g/mol. The lowest BCUT2D eigenvalue weighted by atomic mass is 10.2. The third kappa shape index (κ3) is 2.76. The predicted octanol–water partition coefficient (Wildman–Crippen LogP) is 2.94. The number of nitrogens with one attached hydrogen (secondary N) is 1.